The van der Waals surface area contributed by atoms with E-state index in [9.17, 15) is 14.0 Å². The van der Waals surface area contributed by atoms with Crippen molar-refractivity contribution in [1.29, 1.82) is 0 Å². The van der Waals surface area contributed by atoms with Crippen molar-refractivity contribution in [3.8, 4) is 5.75 Å². The summed E-state index contributed by atoms with van der Waals surface area (Å²) in [6.45, 7) is 3.93. The monoisotopic (exact) mass is 451 g/mol. The second-order valence-corrected chi connectivity index (χ2v) is 8.40. The highest BCUT2D eigenvalue weighted by molar-refractivity contribution is 7.99. The van der Waals surface area contributed by atoms with Gasteiger partial charge in [0.2, 0.25) is 5.91 Å². The summed E-state index contributed by atoms with van der Waals surface area (Å²) in [5.74, 6) is 0.824. The third-order valence-electron chi connectivity index (χ3n) is 5.21. The van der Waals surface area contributed by atoms with Crippen molar-refractivity contribution in [2.24, 2.45) is 7.05 Å². The van der Waals surface area contributed by atoms with Gasteiger partial charge >= 0.3 is 0 Å². The Labute approximate surface area is 189 Å². The van der Waals surface area contributed by atoms with E-state index in [2.05, 4.69) is 16.9 Å². The molecule has 32 heavy (non-hydrogen) atoms. The van der Waals surface area contributed by atoms with E-state index in [1.54, 1.807) is 42.0 Å². The molecule has 164 valence electrons. The number of fused-ring (bicyclic) bond motifs is 1. The van der Waals surface area contributed by atoms with Gasteiger partial charge in [-0.15, -0.1) is 6.58 Å². The number of hydrogen-bond acceptors (Lipinski definition) is 5. The van der Waals surface area contributed by atoms with Gasteiger partial charge < -0.3 is 14.6 Å². The molecule has 2 heterocycles. The molecule has 2 aromatic carbocycles. The zero-order valence-electron chi connectivity index (χ0n) is 17.5. The van der Waals surface area contributed by atoms with E-state index in [0.717, 1.165) is 11.1 Å². The number of ether oxygens (including phenoxy) is 1. The Balaban J connectivity index is 1.59. The van der Waals surface area contributed by atoms with E-state index >= 15 is 0 Å². The van der Waals surface area contributed by atoms with E-state index in [0.29, 0.717) is 28.0 Å². The average molecular weight is 452 g/mol. The fourth-order valence-electron chi connectivity index (χ4n) is 3.67. The highest BCUT2D eigenvalue weighted by atomic mass is 32.2. The molecule has 1 amide bonds. The normalized spacial score (nSPS) is 15.1. The lowest BCUT2D eigenvalue weighted by molar-refractivity contribution is -0.116. The molecular formula is C24H22FN3O3S. The first-order valence-corrected chi connectivity index (χ1v) is 11.1. The van der Waals surface area contributed by atoms with E-state index in [4.69, 9.17) is 4.74 Å². The van der Waals surface area contributed by atoms with Crippen LogP contribution in [0.4, 0.5) is 10.2 Å². The molecule has 0 unspecified atom stereocenters. The number of thioether (sulfide) groups is 1. The van der Waals surface area contributed by atoms with Crippen LogP contribution in [0.2, 0.25) is 0 Å². The third kappa shape index (κ3) is 4.60. The minimum atomic E-state index is -0.402. The van der Waals surface area contributed by atoms with Crippen molar-refractivity contribution in [2.75, 3.05) is 11.1 Å². The second-order valence-electron chi connectivity index (χ2n) is 7.41. The van der Waals surface area contributed by atoms with Crippen LogP contribution < -0.4 is 15.6 Å². The van der Waals surface area contributed by atoms with Crippen molar-refractivity contribution < 1.29 is 13.9 Å². The zero-order chi connectivity index (χ0) is 22.7. The smallest absolute Gasteiger partial charge is 0.279 e. The van der Waals surface area contributed by atoms with E-state index < -0.39 is 5.92 Å². The Bertz CT molecular complexity index is 1220. The van der Waals surface area contributed by atoms with Crippen LogP contribution in [-0.2, 0) is 18.4 Å². The van der Waals surface area contributed by atoms with Gasteiger partial charge in [-0.2, -0.15) is 4.98 Å². The van der Waals surface area contributed by atoms with Gasteiger partial charge in [-0.1, -0.05) is 42.1 Å². The Hall–Kier alpha value is -3.39. The number of amides is 1. The molecule has 4 rings (SSSR count). The van der Waals surface area contributed by atoms with Gasteiger partial charge in [0.1, 0.15) is 24.0 Å². The van der Waals surface area contributed by atoms with E-state index in [-0.39, 0.29) is 30.3 Å². The zero-order valence-corrected chi connectivity index (χ0v) is 18.3. The average Bonchev–Trinajstić information content (AvgIpc) is 2.79. The quantitative estimate of drug-likeness (QED) is 0.330. The van der Waals surface area contributed by atoms with Gasteiger partial charge in [0.05, 0.1) is 5.56 Å². The van der Waals surface area contributed by atoms with Crippen molar-refractivity contribution in [1.82, 2.24) is 9.55 Å². The second kappa shape index (κ2) is 9.40. The Kier molecular flexibility index (Phi) is 6.41. The number of carbonyl (C=O) groups excluding carboxylic acids is 1. The number of anilines is 1. The van der Waals surface area contributed by atoms with Gasteiger partial charge in [-0.25, -0.2) is 4.39 Å². The number of benzene rings is 2. The molecule has 0 bridgehead atoms. The Morgan fingerprint density at radius 3 is 2.78 bits per heavy atom. The van der Waals surface area contributed by atoms with E-state index in [1.807, 2.05) is 12.1 Å². The number of hydrogen-bond donors (Lipinski definition) is 1. The molecular weight excluding hydrogens is 429 g/mol. The van der Waals surface area contributed by atoms with Crippen LogP contribution in [0, 0.1) is 5.82 Å². The Morgan fingerprint density at radius 1 is 1.28 bits per heavy atom. The third-order valence-corrected chi connectivity index (χ3v) is 6.23. The van der Waals surface area contributed by atoms with Crippen LogP contribution in [0.15, 0.2) is 71.1 Å². The van der Waals surface area contributed by atoms with Crippen molar-refractivity contribution in [3.05, 3.63) is 94.0 Å². The molecule has 0 saturated carbocycles. The summed E-state index contributed by atoms with van der Waals surface area (Å²) in [7, 11) is 1.78. The number of halogens is 1. The standard InChI is InChI=1S/C24H22FN3O3S/c1-3-11-32-24-27-23(30)21-19(13-20(29)26-22(21)28(24)2)16-7-9-18(10-8-16)31-14-15-5-4-6-17(25)12-15/h3-10,12,19H,1,11,13-14H2,2H3,(H,26,29)/t19-/m1/s1. The van der Waals surface area contributed by atoms with Gasteiger partial charge in [0.25, 0.3) is 5.56 Å². The van der Waals surface area contributed by atoms with Gasteiger partial charge in [-0.05, 0) is 35.4 Å². The van der Waals surface area contributed by atoms with Gasteiger partial charge in [0, 0.05) is 25.1 Å². The fraction of sp³-hybridized carbons (Fsp3) is 0.208. The summed E-state index contributed by atoms with van der Waals surface area (Å²) in [6, 6.07) is 13.5. The van der Waals surface area contributed by atoms with Crippen molar-refractivity contribution in [3.63, 3.8) is 0 Å². The summed E-state index contributed by atoms with van der Waals surface area (Å²) in [5.41, 5.74) is 1.68. The summed E-state index contributed by atoms with van der Waals surface area (Å²) in [6.07, 6.45) is 1.89. The topological polar surface area (TPSA) is 73.2 Å². The molecule has 0 radical (unpaired) electrons. The van der Waals surface area contributed by atoms with Crippen LogP contribution in [0.5, 0.6) is 5.75 Å². The summed E-state index contributed by atoms with van der Waals surface area (Å²) >= 11 is 1.38. The van der Waals surface area contributed by atoms with Gasteiger partial charge in [-0.3, -0.25) is 9.59 Å². The molecule has 1 aliphatic rings. The maximum atomic E-state index is 13.3. The maximum absolute atomic E-state index is 13.3. The van der Waals surface area contributed by atoms with E-state index in [1.165, 1.54) is 23.9 Å². The van der Waals surface area contributed by atoms with Crippen molar-refractivity contribution in [2.45, 2.75) is 24.1 Å². The number of rotatable bonds is 7. The lowest BCUT2D eigenvalue weighted by Gasteiger charge is -2.27. The fourth-order valence-corrected chi connectivity index (χ4v) is 4.37. The van der Waals surface area contributed by atoms with Crippen LogP contribution in [0.1, 0.15) is 29.0 Å². The highest BCUT2D eigenvalue weighted by Gasteiger charge is 2.32. The summed E-state index contributed by atoms with van der Waals surface area (Å²) in [5, 5.41) is 3.35. The minimum Gasteiger partial charge on any atom is -0.489 e. The molecule has 1 aromatic heterocycles. The molecule has 6 nitrogen and oxygen atoms in total. The number of nitrogens with zero attached hydrogens (tertiary/aromatic N) is 2. The largest absolute Gasteiger partial charge is 0.489 e. The number of aromatic nitrogens is 2. The summed E-state index contributed by atoms with van der Waals surface area (Å²) < 4.78 is 20.8. The first-order chi connectivity index (χ1) is 15.5. The maximum Gasteiger partial charge on any atom is 0.279 e. The molecule has 3 aromatic rings. The minimum absolute atomic E-state index is 0.158. The molecule has 1 N–H and O–H groups in total. The Morgan fingerprint density at radius 2 is 2.06 bits per heavy atom. The lowest BCUT2D eigenvalue weighted by Crippen LogP contribution is -2.33. The predicted octanol–water partition coefficient (Wildman–Crippen LogP) is 4.25. The first kappa shape index (κ1) is 21.8. The molecule has 1 atom stereocenters. The van der Waals surface area contributed by atoms with Crippen LogP contribution in [-0.4, -0.2) is 21.2 Å². The molecule has 0 spiro atoms. The van der Waals surface area contributed by atoms with Crippen molar-refractivity contribution >= 4 is 23.5 Å². The predicted molar refractivity (Wildman–Crippen MR) is 123 cm³/mol. The number of carbonyl (C=O) groups is 1. The molecule has 0 saturated heterocycles. The first-order valence-electron chi connectivity index (χ1n) is 10.1. The van der Waals surface area contributed by atoms with Crippen LogP contribution in [0.25, 0.3) is 0 Å². The molecule has 1 aliphatic heterocycles. The molecule has 8 heteroatoms. The lowest BCUT2D eigenvalue weighted by atomic mass is 9.87. The highest BCUT2D eigenvalue weighted by Crippen LogP contribution is 2.36. The molecule has 0 fully saturated rings. The van der Waals surface area contributed by atoms with Gasteiger partial charge in [0.15, 0.2) is 5.16 Å². The molecule has 0 aliphatic carbocycles. The van der Waals surface area contributed by atoms with Crippen LogP contribution in [0.3, 0.4) is 0 Å². The number of nitrogens with one attached hydrogen (secondary N) is 1. The van der Waals surface area contributed by atoms with Crippen LogP contribution >= 0.6 is 11.8 Å². The SMILES string of the molecule is C=CCSc1nc(=O)c2c(n1C)NC(=O)C[C@@H]2c1ccc(OCc2cccc(F)c2)cc1. The summed E-state index contributed by atoms with van der Waals surface area (Å²) in [4.78, 5) is 29.5.